The minimum atomic E-state index is -0.579. The van der Waals surface area contributed by atoms with E-state index in [1.807, 2.05) is 13.8 Å². The van der Waals surface area contributed by atoms with Gasteiger partial charge in [-0.2, -0.15) is 0 Å². The van der Waals surface area contributed by atoms with Crippen molar-refractivity contribution in [2.24, 2.45) is 0 Å². The summed E-state index contributed by atoms with van der Waals surface area (Å²) < 4.78 is 26.9. The van der Waals surface area contributed by atoms with Crippen LogP contribution in [-0.4, -0.2) is 101 Å². The molecule has 0 aromatic rings. The first-order valence-corrected chi connectivity index (χ1v) is 9.43. The van der Waals surface area contributed by atoms with Crippen molar-refractivity contribution >= 4 is 0 Å². The van der Waals surface area contributed by atoms with Gasteiger partial charge < -0.3 is 39.2 Å². The lowest BCUT2D eigenvalue weighted by atomic mass is 10.3. The van der Waals surface area contributed by atoms with Crippen molar-refractivity contribution < 1.29 is 33.9 Å². The van der Waals surface area contributed by atoms with Crippen molar-refractivity contribution in [1.29, 1.82) is 0 Å². The van der Waals surface area contributed by atoms with E-state index in [1.165, 1.54) is 0 Å². The van der Waals surface area contributed by atoms with E-state index in [2.05, 4.69) is 12.2 Å². The zero-order chi connectivity index (χ0) is 19.6. The molecule has 0 spiro atoms. The Morgan fingerprint density at radius 2 is 1.58 bits per heavy atom. The molecular weight excluding hydrogens is 342 g/mol. The molecular formula is C18H39NO7. The van der Waals surface area contributed by atoms with Crippen LogP contribution in [0.5, 0.6) is 0 Å². The van der Waals surface area contributed by atoms with Gasteiger partial charge in [-0.25, -0.2) is 0 Å². The van der Waals surface area contributed by atoms with Gasteiger partial charge in [-0.05, 0) is 20.3 Å². The molecule has 0 amide bonds. The summed E-state index contributed by atoms with van der Waals surface area (Å²) in [6, 6.07) is 0.105. The molecule has 8 heteroatoms. The third-order valence-electron chi connectivity index (χ3n) is 3.70. The van der Waals surface area contributed by atoms with E-state index < -0.39 is 6.10 Å². The second-order valence-electron chi connectivity index (χ2n) is 6.32. The number of rotatable bonds is 19. The molecule has 4 atom stereocenters. The topological polar surface area (TPSA) is 98.6 Å². The van der Waals surface area contributed by atoms with Crippen molar-refractivity contribution in [2.75, 3.05) is 66.5 Å². The Morgan fingerprint density at radius 3 is 2.19 bits per heavy atom. The molecule has 0 bridgehead atoms. The first-order valence-electron chi connectivity index (χ1n) is 9.43. The Kier molecular flexibility index (Phi) is 17.8. The summed E-state index contributed by atoms with van der Waals surface area (Å²) in [5.74, 6) is 0. The van der Waals surface area contributed by atoms with Gasteiger partial charge >= 0.3 is 0 Å². The highest BCUT2D eigenvalue weighted by atomic mass is 16.5. The average Bonchev–Trinajstić information content (AvgIpc) is 2.64. The molecule has 0 aromatic heterocycles. The highest BCUT2D eigenvalue weighted by Gasteiger charge is 2.10. The fourth-order valence-corrected chi connectivity index (χ4v) is 2.03. The Morgan fingerprint density at radius 1 is 0.923 bits per heavy atom. The third-order valence-corrected chi connectivity index (χ3v) is 3.70. The molecule has 26 heavy (non-hydrogen) atoms. The Balaban J connectivity index is 3.53. The second-order valence-corrected chi connectivity index (χ2v) is 6.32. The van der Waals surface area contributed by atoms with E-state index in [0.29, 0.717) is 46.2 Å². The first kappa shape index (κ1) is 25.7. The minimum absolute atomic E-state index is 0.0170. The quantitative estimate of drug-likeness (QED) is 0.273. The summed E-state index contributed by atoms with van der Waals surface area (Å²) >= 11 is 0. The average molecular weight is 382 g/mol. The summed E-state index contributed by atoms with van der Waals surface area (Å²) in [5.41, 5.74) is 0. The van der Waals surface area contributed by atoms with Gasteiger partial charge in [0.1, 0.15) is 0 Å². The van der Waals surface area contributed by atoms with Crippen molar-refractivity contribution in [1.82, 2.24) is 5.32 Å². The maximum atomic E-state index is 9.91. The van der Waals surface area contributed by atoms with Gasteiger partial charge in [-0.15, -0.1) is 0 Å². The summed E-state index contributed by atoms with van der Waals surface area (Å²) in [5, 5.41) is 21.8. The summed E-state index contributed by atoms with van der Waals surface area (Å²) in [4.78, 5) is 0. The predicted molar refractivity (Wildman–Crippen MR) is 99.5 cm³/mol. The lowest BCUT2D eigenvalue weighted by Gasteiger charge is -2.20. The molecule has 0 saturated carbocycles. The number of nitrogens with one attached hydrogen (secondary N) is 1. The van der Waals surface area contributed by atoms with E-state index in [-0.39, 0.29) is 31.5 Å². The lowest BCUT2D eigenvalue weighted by Crippen LogP contribution is -2.39. The van der Waals surface area contributed by atoms with Gasteiger partial charge in [0.15, 0.2) is 0 Å². The SMILES string of the molecule is CCC(COCCOCC(O)CNC(C)COC(C)COCCO)OC. The molecule has 0 fully saturated rings. The lowest BCUT2D eigenvalue weighted by molar-refractivity contribution is -0.0304. The molecule has 158 valence electrons. The smallest absolute Gasteiger partial charge is 0.0897 e. The molecule has 0 aromatic carbocycles. The van der Waals surface area contributed by atoms with Crippen LogP contribution < -0.4 is 5.32 Å². The Hall–Kier alpha value is -0.320. The monoisotopic (exact) mass is 381 g/mol. The zero-order valence-corrected chi connectivity index (χ0v) is 16.8. The van der Waals surface area contributed by atoms with Gasteiger partial charge in [0.25, 0.3) is 0 Å². The molecule has 8 nitrogen and oxygen atoms in total. The molecule has 0 aliphatic heterocycles. The summed E-state index contributed by atoms with van der Waals surface area (Å²) in [6.07, 6.45) is 0.421. The molecule has 4 unspecified atom stereocenters. The van der Waals surface area contributed by atoms with E-state index in [1.54, 1.807) is 7.11 Å². The molecule has 0 radical (unpaired) electrons. The number of hydrogen-bond donors (Lipinski definition) is 3. The van der Waals surface area contributed by atoms with Gasteiger partial charge in [0.2, 0.25) is 0 Å². The Bertz CT molecular complexity index is 293. The molecule has 3 N–H and O–H groups in total. The first-order chi connectivity index (χ1) is 12.5. The van der Waals surface area contributed by atoms with Crippen molar-refractivity contribution in [3.8, 4) is 0 Å². The van der Waals surface area contributed by atoms with Crippen LogP contribution in [0.3, 0.4) is 0 Å². The van der Waals surface area contributed by atoms with Crippen LogP contribution in [0.4, 0.5) is 0 Å². The zero-order valence-electron chi connectivity index (χ0n) is 16.8. The van der Waals surface area contributed by atoms with Crippen LogP contribution in [0.25, 0.3) is 0 Å². The summed E-state index contributed by atoms with van der Waals surface area (Å²) in [6.45, 7) is 9.45. The summed E-state index contributed by atoms with van der Waals surface area (Å²) in [7, 11) is 1.68. The number of ether oxygens (including phenoxy) is 5. The van der Waals surface area contributed by atoms with Crippen molar-refractivity contribution in [3.05, 3.63) is 0 Å². The number of aliphatic hydroxyl groups is 2. The number of methoxy groups -OCH3 is 1. The predicted octanol–water partition coefficient (Wildman–Crippen LogP) is 0.198. The minimum Gasteiger partial charge on any atom is -0.394 e. The molecule has 0 rings (SSSR count). The fourth-order valence-electron chi connectivity index (χ4n) is 2.03. The maximum absolute atomic E-state index is 9.91. The standard InChI is InChI=1S/C18H39NO7/c1-5-18(22-4)14-25-9-8-24-13-17(21)10-19-15(2)11-26-16(3)12-23-7-6-20/h15-21H,5-14H2,1-4H3. The fraction of sp³-hybridized carbons (Fsp3) is 1.00. The van der Waals surface area contributed by atoms with Crippen molar-refractivity contribution in [3.63, 3.8) is 0 Å². The van der Waals surface area contributed by atoms with Crippen LogP contribution in [0.15, 0.2) is 0 Å². The van der Waals surface area contributed by atoms with Crippen LogP contribution >= 0.6 is 0 Å². The molecule has 0 aliphatic rings. The van der Waals surface area contributed by atoms with E-state index in [9.17, 15) is 5.11 Å². The van der Waals surface area contributed by atoms with Crippen LogP contribution in [0, 0.1) is 0 Å². The van der Waals surface area contributed by atoms with E-state index >= 15 is 0 Å². The van der Waals surface area contributed by atoms with Gasteiger partial charge in [0.05, 0.1) is 71.2 Å². The molecule has 0 aliphatic carbocycles. The second kappa shape index (κ2) is 18.1. The number of aliphatic hydroxyl groups excluding tert-OH is 2. The molecule has 0 heterocycles. The maximum Gasteiger partial charge on any atom is 0.0897 e. The van der Waals surface area contributed by atoms with Gasteiger partial charge in [0, 0.05) is 19.7 Å². The molecule has 0 saturated heterocycles. The van der Waals surface area contributed by atoms with E-state index in [4.69, 9.17) is 28.8 Å². The number of hydrogen-bond acceptors (Lipinski definition) is 8. The highest BCUT2D eigenvalue weighted by Crippen LogP contribution is 1.97. The van der Waals surface area contributed by atoms with Crippen LogP contribution in [-0.2, 0) is 23.7 Å². The van der Waals surface area contributed by atoms with Crippen LogP contribution in [0.2, 0.25) is 0 Å². The van der Waals surface area contributed by atoms with Gasteiger partial charge in [-0.3, -0.25) is 0 Å². The Labute approximate surface area is 158 Å². The largest absolute Gasteiger partial charge is 0.394 e. The highest BCUT2D eigenvalue weighted by molar-refractivity contribution is 4.65. The normalized spacial score (nSPS) is 16.4. The van der Waals surface area contributed by atoms with Crippen molar-refractivity contribution in [2.45, 2.75) is 51.5 Å². The third kappa shape index (κ3) is 15.9. The van der Waals surface area contributed by atoms with E-state index in [0.717, 1.165) is 6.42 Å². The van der Waals surface area contributed by atoms with Gasteiger partial charge in [-0.1, -0.05) is 6.92 Å². The van der Waals surface area contributed by atoms with Crippen LogP contribution in [0.1, 0.15) is 27.2 Å².